The summed E-state index contributed by atoms with van der Waals surface area (Å²) >= 11 is 0. The fourth-order valence-electron chi connectivity index (χ4n) is 9.90. The van der Waals surface area contributed by atoms with Crippen molar-refractivity contribution in [3.63, 3.8) is 0 Å². The van der Waals surface area contributed by atoms with E-state index in [2.05, 4.69) is 264 Å². The van der Waals surface area contributed by atoms with Crippen molar-refractivity contribution in [3.05, 3.63) is 255 Å². The summed E-state index contributed by atoms with van der Waals surface area (Å²) in [5.41, 5.74) is 16.4. The van der Waals surface area contributed by atoms with Crippen LogP contribution in [0.15, 0.2) is 255 Å². The Labute approximate surface area is 373 Å². The Kier molecular flexibility index (Phi) is 9.20. The monoisotopic (exact) mass is 814 g/mol. The largest absolute Gasteiger partial charge is 0.310 e. The first kappa shape index (κ1) is 37.3. The number of anilines is 3. The first-order valence-corrected chi connectivity index (χ1v) is 22.0. The van der Waals surface area contributed by atoms with E-state index in [-0.39, 0.29) is 0 Å². The summed E-state index contributed by atoms with van der Waals surface area (Å²) < 4.78 is 2.45. The number of fused-ring (bicyclic) bond motifs is 5. The average molecular weight is 815 g/mol. The van der Waals surface area contributed by atoms with Gasteiger partial charge in [-0.3, -0.25) is 0 Å². The lowest BCUT2D eigenvalue weighted by molar-refractivity contribution is 1.18. The molecule has 300 valence electrons. The second-order valence-electron chi connectivity index (χ2n) is 16.4. The van der Waals surface area contributed by atoms with Crippen molar-refractivity contribution in [2.24, 2.45) is 0 Å². The zero-order valence-corrected chi connectivity index (χ0v) is 35.1. The predicted molar refractivity (Wildman–Crippen MR) is 272 cm³/mol. The maximum atomic E-state index is 2.45. The number of hydrogen-bond donors (Lipinski definition) is 0. The molecule has 2 nitrogen and oxygen atoms in total. The quantitative estimate of drug-likeness (QED) is 0.148. The number of nitrogens with zero attached hydrogens (tertiary/aromatic N) is 2. The lowest BCUT2D eigenvalue weighted by Gasteiger charge is -2.29. The van der Waals surface area contributed by atoms with Gasteiger partial charge in [0, 0.05) is 33.1 Å². The predicted octanol–water partition coefficient (Wildman–Crippen LogP) is 17.2. The zero-order valence-electron chi connectivity index (χ0n) is 35.1. The van der Waals surface area contributed by atoms with Crippen molar-refractivity contribution in [3.8, 4) is 50.2 Å². The third-order valence-corrected chi connectivity index (χ3v) is 12.8. The Balaban J connectivity index is 1.07. The summed E-state index contributed by atoms with van der Waals surface area (Å²) in [4.78, 5) is 2.45. The normalized spacial score (nSPS) is 11.4. The molecule has 12 rings (SSSR count). The molecule has 1 heterocycles. The van der Waals surface area contributed by atoms with E-state index in [1.807, 2.05) is 0 Å². The van der Waals surface area contributed by atoms with Crippen molar-refractivity contribution < 1.29 is 0 Å². The molecule has 0 unspecified atom stereocenters. The second-order valence-corrected chi connectivity index (χ2v) is 16.4. The molecule has 1 aromatic heterocycles. The van der Waals surface area contributed by atoms with Gasteiger partial charge >= 0.3 is 0 Å². The Bertz CT molecular complexity index is 3590. The van der Waals surface area contributed by atoms with E-state index >= 15 is 0 Å². The highest BCUT2D eigenvalue weighted by Crippen LogP contribution is 2.46. The molecule has 64 heavy (non-hydrogen) atoms. The molecule has 0 bridgehead atoms. The van der Waals surface area contributed by atoms with Crippen LogP contribution in [-0.4, -0.2) is 4.57 Å². The molecular weight excluding hydrogens is 773 g/mol. The summed E-state index contributed by atoms with van der Waals surface area (Å²) in [6, 6.07) is 92.7. The molecule has 0 atom stereocenters. The minimum absolute atomic E-state index is 1.08. The van der Waals surface area contributed by atoms with Crippen molar-refractivity contribution in [1.29, 1.82) is 0 Å². The van der Waals surface area contributed by atoms with Crippen molar-refractivity contribution in [2.45, 2.75) is 0 Å². The smallest absolute Gasteiger partial charge is 0.0546 e. The minimum Gasteiger partial charge on any atom is -0.310 e. The molecule has 0 spiro atoms. The van der Waals surface area contributed by atoms with E-state index in [0.717, 1.165) is 28.3 Å². The van der Waals surface area contributed by atoms with Gasteiger partial charge in [0.2, 0.25) is 0 Å². The topological polar surface area (TPSA) is 8.17 Å². The molecule has 0 N–H and O–H groups in total. The van der Waals surface area contributed by atoms with Gasteiger partial charge in [-0.25, -0.2) is 0 Å². The lowest BCUT2D eigenvalue weighted by atomic mass is 9.92. The molecule has 12 aromatic rings. The third-order valence-electron chi connectivity index (χ3n) is 12.8. The van der Waals surface area contributed by atoms with Crippen LogP contribution >= 0.6 is 0 Å². The summed E-state index contributed by atoms with van der Waals surface area (Å²) in [7, 11) is 0. The van der Waals surface area contributed by atoms with E-state index in [1.165, 1.54) is 82.3 Å². The van der Waals surface area contributed by atoms with Gasteiger partial charge in [-0.05, 0) is 104 Å². The van der Waals surface area contributed by atoms with E-state index in [1.54, 1.807) is 0 Å². The number of aromatic nitrogens is 1. The van der Waals surface area contributed by atoms with Crippen molar-refractivity contribution >= 4 is 60.4 Å². The molecule has 0 aliphatic rings. The maximum Gasteiger partial charge on any atom is 0.0546 e. The highest BCUT2D eigenvalue weighted by Gasteiger charge is 2.22. The molecular formula is C62H42N2. The molecule has 0 amide bonds. The van der Waals surface area contributed by atoms with Gasteiger partial charge < -0.3 is 9.47 Å². The van der Waals surface area contributed by atoms with Crippen LogP contribution in [0, 0.1) is 0 Å². The maximum absolute atomic E-state index is 2.45. The fourth-order valence-corrected chi connectivity index (χ4v) is 9.90. The lowest BCUT2D eigenvalue weighted by Crippen LogP contribution is -2.11. The van der Waals surface area contributed by atoms with Gasteiger partial charge in [-0.2, -0.15) is 0 Å². The summed E-state index contributed by atoms with van der Waals surface area (Å²) in [5, 5.41) is 7.33. The Morgan fingerprint density at radius 2 is 0.797 bits per heavy atom. The SMILES string of the molecule is c1ccc(-c2c(-c3ccc(N(c4cc(-c5ccccc5)c5ccccc5c4)c4ccc(-c5ccccc5)c5ccccc45)cc3)cccc2-n2c3ccccc3c3ccccc32)cc1. The van der Waals surface area contributed by atoms with Gasteiger partial charge in [0.1, 0.15) is 0 Å². The van der Waals surface area contributed by atoms with Gasteiger partial charge in [0.05, 0.1) is 22.4 Å². The van der Waals surface area contributed by atoms with Crippen molar-refractivity contribution in [1.82, 2.24) is 4.57 Å². The Morgan fingerprint density at radius 1 is 0.281 bits per heavy atom. The van der Waals surface area contributed by atoms with Gasteiger partial charge in [0.15, 0.2) is 0 Å². The molecule has 0 saturated heterocycles. The van der Waals surface area contributed by atoms with E-state index < -0.39 is 0 Å². The zero-order chi connectivity index (χ0) is 42.4. The fraction of sp³-hybridized carbons (Fsp3) is 0. The van der Waals surface area contributed by atoms with Crippen LogP contribution < -0.4 is 4.90 Å². The van der Waals surface area contributed by atoms with Crippen molar-refractivity contribution in [2.75, 3.05) is 4.90 Å². The number of hydrogen-bond acceptors (Lipinski definition) is 1. The van der Waals surface area contributed by atoms with Gasteiger partial charge in [-0.15, -0.1) is 0 Å². The van der Waals surface area contributed by atoms with E-state index in [4.69, 9.17) is 0 Å². The summed E-state index contributed by atoms with van der Waals surface area (Å²) in [6.07, 6.45) is 0. The third kappa shape index (κ3) is 6.35. The first-order valence-electron chi connectivity index (χ1n) is 22.0. The Hall–Kier alpha value is -8.46. The van der Waals surface area contributed by atoms with Gasteiger partial charge in [-0.1, -0.05) is 206 Å². The number of rotatable bonds is 8. The van der Waals surface area contributed by atoms with E-state index in [9.17, 15) is 0 Å². The molecule has 2 heteroatoms. The molecule has 0 aliphatic heterocycles. The molecule has 11 aromatic carbocycles. The molecule has 0 radical (unpaired) electrons. The first-order chi connectivity index (χ1) is 31.8. The standard InChI is InChI=1S/C62H42N2/c1-4-19-43(20-5-1)51-39-40-60(54-28-13-12-27-53(51)54)63(49-41-47-25-10-11-26-50(47)57(42-49)44-21-6-2-7-22-44)48-37-35-45(36-38-48)52-31-18-34-61(62(52)46-23-8-3-9-24-46)64-58-32-16-14-29-55(58)56-30-15-17-33-59(56)64/h1-42H. The summed E-state index contributed by atoms with van der Waals surface area (Å²) in [6.45, 7) is 0. The van der Waals surface area contributed by atoms with Crippen LogP contribution in [0.3, 0.4) is 0 Å². The highest BCUT2D eigenvalue weighted by atomic mass is 15.1. The van der Waals surface area contributed by atoms with Crippen LogP contribution in [0.4, 0.5) is 17.1 Å². The van der Waals surface area contributed by atoms with Crippen LogP contribution in [0.25, 0.3) is 93.5 Å². The van der Waals surface area contributed by atoms with Crippen LogP contribution in [0.1, 0.15) is 0 Å². The molecule has 0 saturated carbocycles. The number of para-hydroxylation sites is 2. The van der Waals surface area contributed by atoms with Gasteiger partial charge in [0.25, 0.3) is 0 Å². The van der Waals surface area contributed by atoms with Crippen LogP contribution in [0.2, 0.25) is 0 Å². The van der Waals surface area contributed by atoms with Crippen LogP contribution in [-0.2, 0) is 0 Å². The Morgan fingerprint density at radius 3 is 1.45 bits per heavy atom. The van der Waals surface area contributed by atoms with Crippen LogP contribution in [0.5, 0.6) is 0 Å². The number of benzene rings is 11. The highest BCUT2D eigenvalue weighted by molar-refractivity contribution is 6.11. The average Bonchev–Trinajstić information content (AvgIpc) is 3.71. The van der Waals surface area contributed by atoms with E-state index in [0.29, 0.717) is 0 Å². The second kappa shape index (κ2) is 15.8. The summed E-state index contributed by atoms with van der Waals surface area (Å²) in [5.74, 6) is 0. The molecule has 0 fully saturated rings. The minimum atomic E-state index is 1.08. The molecule has 0 aliphatic carbocycles.